The van der Waals surface area contributed by atoms with E-state index in [9.17, 15) is 24.3 Å². The third-order valence-corrected chi connectivity index (χ3v) is 4.47. The van der Waals surface area contributed by atoms with Crippen LogP contribution < -0.4 is 33.2 Å². The maximum atomic E-state index is 12.7. The first-order chi connectivity index (χ1) is 15.5. The van der Waals surface area contributed by atoms with Crippen LogP contribution in [0, 0.1) is 0 Å². The van der Waals surface area contributed by atoms with E-state index in [0.717, 1.165) is 0 Å². The number of hydrogen-bond acceptors (Lipinski definition) is 7. The minimum absolute atomic E-state index is 0.0794. The topological polar surface area (TPSA) is 235 Å². The highest BCUT2D eigenvalue weighted by atomic mass is 16.4. The molecule has 0 saturated carbocycles. The van der Waals surface area contributed by atoms with Crippen LogP contribution in [0.25, 0.3) is 0 Å². The summed E-state index contributed by atoms with van der Waals surface area (Å²) in [6, 6.07) is 3.14. The van der Waals surface area contributed by atoms with Crippen molar-refractivity contribution in [1.82, 2.24) is 16.0 Å². The number of aromatic hydroxyl groups is 1. The Morgan fingerprint density at radius 1 is 1.03 bits per heavy atom. The predicted octanol–water partition coefficient (Wildman–Crippen LogP) is -2.49. The molecule has 11 N–H and O–H groups in total. The number of nitrogens with two attached hydrogens (primary N) is 3. The van der Waals surface area contributed by atoms with Crippen molar-refractivity contribution in [1.29, 1.82) is 0 Å². The van der Waals surface area contributed by atoms with Crippen LogP contribution in [0.2, 0.25) is 0 Å². The number of carboxylic acids is 1. The van der Waals surface area contributed by atoms with Crippen molar-refractivity contribution in [3.63, 3.8) is 0 Å². The molecule has 33 heavy (non-hydrogen) atoms. The summed E-state index contributed by atoms with van der Waals surface area (Å²) in [7, 11) is 0. The van der Waals surface area contributed by atoms with Gasteiger partial charge in [-0.2, -0.15) is 0 Å². The number of aliphatic imine (C=N–C) groups is 1. The number of aliphatic carboxylic acids is 1. The molecule has 1 aromatic carbocycles. The zero-order valence-corrected chi connectivity index (χ0v) is 18.3. The van der Waals surface area contributed by atoms with E-state index in [1.54, 1.807) is 12.1 Å². The van der Waals surface area contributed by atoms with Gasteiger partial charge in [0.25, 0.3) is 0 Å². The van der Waals surface area contributed by atoms with Crippen LogP contribution in [0.3, 0.4) is 0 Å². The Bertz CT molecular complexity index is 855. The Morgan fingerprint density at radius 3 is 2.24 bits per heavy atom. The van der Waals surface area contributed by atoms with Crippen molar-refractivity contribution in [3.05, 3.63) is 29.8 Å². The van der Waals surface area contributed by atoms with Crippen LogP contribution in [0.1, 0.15) is 25.3 Å². The van der Waals surface area contributed by atoms with E-state index >= 15 is 0 Å². The largest absolute Gasteiger partial charge is 0.508 e. The fourth-order valence-corrected chi connectivity index (χ4v) is 2.73. The van der Waals surface area contributed by atoms with Crippen LogP contribution in [0.4, 0.5) is 0 Å². The van der Waals surface area contributed by atoms with Gasteiger partial charge in [0.2, 0.25) is 17.7 Å². The van der Waals surface area contributed by atoms with Gasteiger partial charge in [-0.25, -0.2) is 0 Å². The number of guanidine groups is 1. The third kappa shape index (κ3) is 10.8. The molecule has 0 aliphatic carbocycles. The minimum atomic E-state index is -1.23. The van der Waals surface area contributed by atoms with E-state index in [2.05, 4.69) is 20.9 Å². The second-order valence-corrected chi connectivity index (χ2v) is 7.33. The molecular formula is C20H31N7O6. The summed E-state index contributed by atoms with van der Waals surface area (Å²) in [5, 5.41) is 25.2. The zero-order chi connectivity index (χ0) is 25.0. The summed E-state index contributed by atoms with van der Waals surface area (Å²) < 4.78 is 0. The molecule has 0 aliphatic heterocycles. The fourth-order valence-electron chi connectivity index (χ4n) is 2.73. The number of carbonyl (C=O) groups excluding carboxylic acids is 3. The molecular weight excluding hydrogens is 434 g/mol. The van der Waals surface area contributed by atoms with Gasteiger partial charge in [0.15, 0.2) is 5.96 Å². The number of carbonyl (C=O) groups is 4. The first-order valence-electron chi connectivity index (χ1n) is 10.2. The van der Waals surface area contributed by atoms with E-state index in [4.69, 9.17) is 22.3 Å². The second-order valence-electron chi connectivity index (χ2n) is 7.33. The van der Waals surface area contributed by atoms with Gasteiger partial charge in [-0.15, -0.1) is 0 Å². The summed E-state index contributed by atoms with van der Waals surface area (Å²) in [6.45, 7) is 1.00. The van der Waals surface area contributed by atoms with Gasteiger partial charge in [-0.05, 0) is 43.9 Å². The van der Waals surface area contributed by atoms with E-state index in [1.165, 1.54) is 19.1 Å². The van der Waals surface area contributed by atoms with Crippen molar-refractivity contribution in [2.45, 2.75) is 44.3 Å². The van der Waals surface area contributed by atoms with Crippen LogP contribution in [0.15, 0.2) is 29.3 Å². The van der Waals surface area contributed by atoms with Gasteiger partial charge in [0.1, 0.15) is 24.4 Å². The number of nitrogens with one attached hydrogen (secondary N) is 3. The van der Waals surface area contributed by atoms with E-state index in [-0.39, 0.29) is 31.1 Å². The molecule has 0 spiro atoms. The lowest BCUT2D eigenvalue weighted by atomic mass is 10.0. The van der Waals surface area contributed by atoms with Gasteiger partial charge < -0.3 is 43.4 Å². The molecule has 1 rings (SSSR count). The molecule has 0 fully saturated rings. The van der Waals surface area contributed by atoms with Crippen LogP contribution in [-0.4, -0.2) is 71.1 Å². The lowest BCUT2D eigenvalue weighted by Gasteiger charge is -2.22. The van der Waals surface area contributed by atoms with Crippen molar-refractivity contribution in [2.24, 2.45) is 22.2 Å². The smallest absolute Gasteiger partial charge is 0.322 e. The average Bonchev–Trinajstić information content (AvgIpc) is 2.75. The van der Waals surface area contributed by atoms with Crippen LogP contribution >= 0.6 is 0 Å². The van der Waals surface area contributed by atoms with E-state index in [0.29, 0.717) is 12.0 Å². The van der Waals surface area contributed by atoms with Gasteiger partial charge in [0.05, 0.1) is 6.04 Å². The Balaban J connectivity index is 2.78. The Morgan fingerprint density at radius 2 is 1.67 bits per heavy atom. The summed E-state index contributed by atoms with van der Waals surface area (Å²) in [5.41, 5.74) is 17.2. The minimum Gasteiger partial charge on any atom is -0.508 e. The summed E-state index contributed by atoms with van der Waals surface area (Å²) in [4.78, 5) is 51.6. The molecule has 182 valence electrons. The zero-order valence-electron chi connectivity index (χ0n) is 18.3. The Hall–Kier alpha value is -3.87. The second kappa shape index (κ2) is 13.5. The Labute approximate surface area is 190 Å². The third-order valence-electron chi connectivity index (χ3n) is 4.47. The van der Waals surface area contributed by atoms with E-state index in [1.807, 2.05) is 0 Å². The number of carboxylic acid groups (broad SMARTS) is 1. The standard InChI is InChI=1S/C20H31N7O6/c1-11(17(31)25-10-16(29)30)26-19(33)15(3-2-8-24-20(22)23)27-18(32)14(21)9-12-4-6-13(28)7-5-12/h4-7,11,14-15,28H,2-3,8-10,21H2,1H3,(H,25,31)(H,26,33)(H,27,32)(H,29,30)(H4,22,23,24). The van der Waals surface area contributed by atoms with Crippen molar-refractivity contribution < 1.29 is 29.4 Å². The molecule has 3 amide bonds. The highest BCUT2D eigenvalue weighted by Gasteiger charge is 2.26. The number of phenolic OH excluding ortho intramolecular Hbond substituents is 1. The molecule has 13 heteroatoms. The van der Waals surface area contributed by atoms with Gasteiger partial charge >= 0.3 is 5.97 Å². The molecule has 0 bridgehead atoms. The number of nitrogens with zero attached hydrogens (tertiary/aromatic N) is 1. The lowest BCUT2D eigenvalue weighted by Crippen LogP contribution is -2.55. The maximum absolute atomic E-state index is 12.7. The molecule has 1 aromatic rings. The summed E-state index contributed by atoms with van der Waals surface area (Å²) in [6.07, 6.45) is 0.676. The molecule has 0 heterocycles. The number of benzene rings is 1. The molecule has 0 aromatic heterocycles. The first-order valence-corrected chi connectivity index (χ1v) is 10.2. The van der Waals surface area contributed by atoms with Crippen LogP contribution in [-0.2, 0) is 25.6 Å². The molecule has 0 aliphatic rings. The maximum Gasteiger partial charge on any atom is 0.322 e. The normalized spacial score (nSPS) is 13.2. The van der Waals surface area contributed by atoms with Crippen molar-refractivity contribution >= 4 is 29.7 Å². The highest BCUT2D eigenvalue weighted by Crippen LogP contribution is 2.11. The van der Waals surface area contributed by atoms with Crippen molar-refractivity contribution in [2.75, 3.05) is 13.1 Å². The van der Waals surface area contributed by atoms with Gasteiger partial charge in [0, 0.05) is 6.54 Å². The number of phenols is 1. The number of rotatable bonds is 13. The monoisotopic (exact) mass is 465 g/mol. The molecule has 3 unspecified atom stereocenters. The van der Waals surface area contributed by atoms with Gasteiger partial charge in [-0.1, -0.05) is 12.1 Å². The molecule has 0 saturated heterocycles. The lowest BCUT2D eigenvalue weighted by molar-refractivity contribution is -0.138. The fraction of sp³-hybridized carbons (Fsp3) is 0.450. The quantitative estimate of drug-likeness (QED) is 0.0872. The van der Waals surface area contributed by atoms with Crippen molar-refractivity contribution in [3.8, 4) is 5.75 Å². The average molecular weight is 466 g/mol. The van der Waals surface area contributed by atoms with Gasteiger partial charge in [-0.3, -0.25) is 24.2 Å². The number of hydrogen-bond donors (Lipinski definition) is 8. The molecule has 3 atom stereocenters. The SMILES string of the molecule is CC(NC(=O)C(CCCN=C(N)N)NC(=O)C(N)Cc1ccc(O)cc1)C(=O)NCC(=O)O. The summed E-state index contributed by atoms with van der Waals surface area (Å²) in [5.74, 6) is -3.19. The predicted molar refractivity (Wildman–Crippen MR) is 120 cm³/mol. The van der Waals surface area contributed by atoms with Crippen LogP contribution in [0.5, 0.6) is 5.75 Å². The van der Waals surface area contributed by atoms with E-state index < -0.39 is 48.4 Å². The Kier molecular flexibility index (Phi) is 11.1. The molecule has 13 nitrogen and oxygen atoms in total. The molecule has 0 radical (unpaired) electrons. The first kappa shape index (κ1) is 27.2. The number of amides is 3. The summed E-state index contributed by atoms with van der Waals surface area (Å²) >= 11 is 0. The highest BCUT2D eigenvalue weighted by molar-refractivity contribution is 5.93.